The lowest BCUT2D eigenvalue weighted by Crippen LogP contribution is -2.53. The van der Waals surface area contributed by atoms with Gasteiger partial charge in [-0.05, 0) is 48.2 Å². The summed E-state index contributed by atoms with van der Waals surface area (Å²) in [7, 11) is -0.893. The Hall–Kier alpha value is -3.74. The van der Waals surface area contributed by atoms with Gasteiger partial charge >= 0.3 is 5.97 Å². The molecule has 0 aliphatic heterocycles. The predicted molar refractivity (Wildman–Crippen MR) is 145 cm³/mol. The van der Waals surface area contributed by atoms with Crippen LogP contribution in [0.5, 0.6) is 0 Å². The average molecular weight is 559 g/mol. The fourth-order valence-corrected chi connectivity index (χ4v) is 5.90. The molecule has 2 amide bonds. The van der Waals surface area contributed by atoms with E-state index >= 15 is 0 Å². The Morgan fingerprint density at radius 1 is 1.03 bits per heavy atom. The molecule has 202 valence electrons. The van der Waals surface area contributed by atoms with Gasteiger partial charge in [-0.15, -0.1) is 11.3 Å². The molecule has 0 radical (unpaired) electrons. The highest BCUT2D eigenvalue weighted by Gasteiger charge is 2.43. The van der Waals surface area contributed by atoms with Gasteiger partial charge in [-0.3, -0.25) is 9.59 Å². The van der Waals surface area contributed by atoms with Gasteiger partial charge in [0.05, 0.1) is 11.3 Å². The van der Waals surface area contributed by atoms with Crippen LogP contribution in [0.3, 0.4) is 0 Å². The van der Waals surface area contributed by atoms with Crippen molar-refractivity contribution in [3.63, 3.8) is 0 Å². The van der Waals surface area contributed by atoms with Crippen molar-refractivity contribution in [3.8, 4) is 0 Å². The van der Waals surface area contributed by atoms with Gasteiger partial charge < -0.3 is 21.1 Å². The zero-order valence-corrected chi connectivity index (χ0v) is 22.8. The number of aliphatic carboxylic acids is 1. The predicted octanol–water partition coefficient (Wildman–Crippen LogP) is 2.50. The Morgan fingerprint density at radius 3 is 2.18 bits per heavy atom. The van der Waals surface area contributed by atoms with Gasteiger partial charge in [-0.2, -0.15) is 0 Å². The van der Waals surface area contributed by atoms with Crippen molar-refractivity contribution < 1.29 is 27.9 Å². The molecule has 1 aromatic heterocycles. The molecule has 0 saturated carbocycles. The SMILES string of the molecule is Cc1ccc(S(=O)(=O)N(C(=O)C(N)c2cccs2)[C@@H](CC(=O)NCc2ccc(N(C)C)cc2)C(=O)O)cc1. The van der Waals surface area contributed by atoms with Crippen LogP contribution in [0.4, 0.5) is 5.69 Å². The van der Waals surface area contributed by atoms with E-state index in [4.69, 9.17) is 5.73 Å². The lowest BCUT2D eigenvalue weighted by Gasteiger charge is -2.30. The molecule has 38 heavy (non-hydrogen) atoms. The fraction of sp³-hybridized carbons (Fsp3) is 0.269. The van der Waals surface area contributed by atoms with Gasteiger partial charge in [0.1, 0.15) is 6.04 Å². The van der Waals surface area contributed by atoms with Crippen molar-refractivity contribution in [2.75, 3.05) is 19.0 Å². The number of sulfonamides is 1. The number of amides is 2. The first-order valence-electron chi connectivity index (χ1n) is 11.6. The zero-order chi connectivity index (χ0) is 28.0. The molecule has 2 atom stereocenters. The molecular weight excluding hydrogens is 528 g/mol. The van der Waals surface area contributed by atoms with Gasteiger partial charge in [-0.25, -0.2) is 17.5 Å². The van der Waals surface area contributed by atoms with Crippen molar-refractivity contribution in [2.24, 2.45) is 5.73 Å². The van der Waals surface area contributed by atoms with Crippen molar-refractivity contribution >= 4 is 44.8 Å². The third-order valence-electron chi connectivity index (χ3n) is 5.80. The Labute approximate surface area is 225 Å². The number of nitrogens with one attached hydrogen (secondary N) is 1. The lowest BCUT2D eigenvalue weighted by molar-refractivity contribution is -0.148. The van der Waals surface area contributed by atoms with Crippen molar-refractivity contribution in [2.45, 2.75) is 36.9 Å². The Morgan fingerprint density at radius 2 is 1.66 bits per heavy atom. The number of carboxylic acids is 1. The summed E-state index contributed by atoms with van der Waals surface area (Å²) in [6.07, 6.45) is -0.793. The highest BCUT2D eigenvalue weighted by molar-refractivity contribution is 7.89. The molecule has 10 nitrogen and oxygen atoms in total. The zero-order valence-electron chi connectivity index (χ0n) is 21.2. The van der Waals surface area contributed by atoms with E-state index in [2.05, 4.69) is 5.32 Å². The normalized spacial score (nSPS) is 12.8. The smallest absolute Gasteiger partial charge is 0.328 e. The number of anilines is 1. The topological polar surface area (TPSA) is 150 Å². The molecule has 0 aliphatic rings. The maximum absolute atomic E-state index is 13.6. The lowest BCUT2D eigenvalue weighted by atomic mass is 10.1. The van der Waals surface area contributed by atoms with Crippen LogP contribution in [0.15, 0.2) is 70.9 Å². The maximum Gasteiger partial charge on any atom is 0.328 e. The summed E-state index contributed by atoms with van der Waals surface area (Å²) in [5.41, 5.74) is 8.57. The number of thiophene rings is 1. The summed E-state index contributed by atoms with van der Waals surface area (Å²) in [5, 5.41) is 14.3. The Kier molecular flexibility index (Phi) is 9.26. The van der Waals surface area contributed by atoms with Gasteiger partial charge in [0.25, 0.3) is 15.9 Å². The number of carbonyl (C=O) groups excluding carboxylic acids is 2. The summed E-state index contributed by atoms with van der Waals surface area (Å²) < 4.78 is 27.4. The van der Waals surface area contributed by atoms with E-state index in [9.17, 15) is 27.9 Å². The van der Waals surface area contributed by atoms with Crippen LogP contribution in [-0.2, 0) is 31.0 Å². The number of hydrogen-bond donors (Lipinski definition) is 3. The molecular formula is C26H30N4O6S2. The van der Waals surface area contributed by atoms with Gasteiger partial charge in [-0.1, -0.05) is 35.9 Å². The average Bonchev–Trinajstić information content (AvgIpc) is 3.42. The van der Waals surface area contributed by atoms with E-state index in [1.807, 2.05) is 43.3 Å². The number of rotatable bonds is 11. The van der Waals surface area contributed by atoms with Crippen LogP contribution in [0.2, 0.25) is 0 Å². The standard InChI is InChI=1S/C26H30N4O6S2/c1-17-6-12-20(13-7-17)38(35,36)30(25(32)24(27)22-5-4-14-37-22)21(26(33)34)15-23(31)28-16-18-8-10-19(11-9-18)29(2)3/h4-14,21,24H,15-16,27H2,1-3H3,(H,28,31)(H,33,34)/t21-,24?/m0/s1. The summed E-state index contributed by atoms with van der Waals surface area (Å²) in [5.74, 6) is -3.54. The first-order chi connectivity index (χ1) is 17.9. The molecule has 0 spiro atoms. The second-order valence-electron chi connectivity index (χ2n) is 8.84. The minimum absolute atomic E-state index is 0.0895. The second-order valence-corrected chi connectivity index (χ2v) is 11.6. The molecule has 0 bridgehead atoms. The third-order valence-corrected chi connectivity index (χ3v) is 8.58. The molecule has 4 N–H and O–H groups in total. The van der Waals surface area contributed by atoms with Crippen LogP contribution in [0.25, 0.3) is 0 Å². The van der Waals surface area contributed by atoms with Gasteiger partial charge in [0, 0.05) is 31.2 Å². The van der Waals surface area contributed by atoms with Crippen molar-refractivity contribution in [1.82, 2.24) is 9.62 Å². The van der Waals surface area contributed by atoms with E-state index in [1.54, 1.807) is 24.4 Å². The first-order valence-corrected chi connectivity index (χ1v) is 13.9. The largest absolute Gasteiger partial charge is 0.480 e. The van der Waals surface area contributed by atoms with Gasteiger partial charge in [0.2, 0.25) is 5.91 Å². The molecule has 1 heterocycles. The van der Waals surface area contributed by atoms with Crippen LogP contribution in [-0.4, -0.2) is 55.8 Å². The minimum Gasteiger partial charge on any atom is -0.480 e. The molecule has 0 aliphatic carbocycles. The molecule has 1 unspecified atom stereocenters. The van der Waals surface area contributed by atoms with Gasteiger partial charge in [0.15, 0.2) is 6.04 Å². The monoisotopic (exact) mass is 558 g/mol. The summed E-state index contributed by atoms with van der Waals surface area (Å²) in [4.78, 5) is 40.5. The van der Waals surface area contributed by atoms with E-state index in [-0.39, 0.29) is 15.7 Å². The molecule has 2 aromatic carbocycles. The number of hydrogen-bond acceptors (Lipinski definition) is 8. The van der Waals surface area contributed by atoms with E-state index in [1.165, 1.54) is 24.3 Å². The quantitative estimate of drug-likeness (QED) is 0.325. The molecule has 0 fully saturated rings. The Bertz CT molecular complexity index is 1370. The van der Waals surface area contributed by atoms with E-state index in [0.29, 0.717) is 4.88 Å². The van der Waals surface area contributed by atoms with Crippen LogP contribution in [0, 0.1) is 6.92 Å². The summed E-state index contributed by atoms with van der Waals surface area (Å²) in [6, 6.07) is 12.7. The van der Waals surface area contributed by atoms with Crippen LogP contribution in [0.1, 0.15) is 28.5 Å². The first kappa shape index (κ1) is 28.8. The molecule has 12 heteroatoms. The number of aryl methyl sites for hydroxylation is 1. The van der Waals surface area contributed by atoms with E-state index in [0.717, 1.165) is 28.2 Å². The third kappa shape index (κ3) is 6.77. The van der Waals surface area contributed by atoms with Crippen LogP contribution >= 0.6 is 11.3 Å². The number of carbonyl (C=O) groups is 3. The summed E-state index contributed by atoms with van der Waals surface area (Å²) >= 11 is 1.13. The highest BCUT2D eigenvalue weighted by Crippen LogP contribution is 2.27. The number of benzene rings is 2. The molecule has 3 aromatic rings. The summed E-state index contributed by atoms with van der Waals surface area (Å²) in [6.45, 7) is 1.84. The molecule has 0 saturated heterocycles. The highest BCUT2D eigenvalue weighted by atomic mass is 32.2. The number of nitrogens with zero attached hydrogens (tertiary/aromatic N) is 2. The Balaban J connectivity index is 1.90. The van der Waals surface area contributed by atoms with E-state index < -0.39 is 46.3 Å². The number of carboxylic acid groups (broad SMARTS) is 1. The van der Waals surface area contributed by atoms with Crippen molar-refractivity contribution in [3.05, 3.63) is 82.0 Å². The van der Waals surface area contributed by atoms with Crippen molar-refractivity contribution in [1.29, 1.82) is 0 Å². The maximum atomic E-state index is 13.6. The molecule has 3 rings (SSSR count). The number of nitrogens with two attached hydrogens (primary N) is 1. The minimum atomic E-state index is -4.68. The second kappa shape index (κ2) is 12.2. The fourth-order valence-electron chi connectivity index (χ4n) is 3.62. The van der Waals surface area contributed by atoms with Crippen LogP contribution < -0.4 is 16.0 Å².